The number of aromatic nitrogens is 2. The maximum atomic E-state index is 13.7. The Morgan fingerprint density at radius 3 is 2.83 bits per heavy atom. The Morgan fingerprint density at radius 1 is 1.09 bits per heavy atom. The summed E-state index contributed by atoms with van der Waals surface area (Å²) in [5.74, 6) is 1.40. The Bertz CT molecular complexity index is 882. The first kappa shape index (κ1) is 13.7. The predicted molar refractivity (Wildman–Crippen MR) is 85.5 cm³/mol. The van der Waals surface area contributed by atoms with Gasteiger partial charge in [-0.3, -0.25) is 0 Å². The number of anilines is 2. The van der Waals surface area contributed by atoms with E-state index in [4.69, 9.17) is 4.74 Å². The number of hydrogen-bond donors (Lipinski definition) is 0. The number of rotatable bonds is 1. The van der Waals surface area contributed by atoms with Gasteiger partial charge in [0.15, 0.2) is 5.75 Å². The van der Waals surface area contributed by atoms with Gasteiger partial charge in [0, 0.05) is 23.5 Å². The molecule has 0 fully saturated rings. The number of aryl methyl sites for hydroxylation is 1. The van der Waals surface area contributed by atoms with Crippen LogP contribution in [0.3, 0.4) is 0 Å². The maximum Gasteiger partial charge on any atom is 0.230 e. The van der Waals surface area contributed by atoms with Gasteiger partial charge in [-0.15, -0.1) is 0 Å². The van der Waals surface area contributed by atoms with Crippen molar-refractivity contribution < 1.29 is 9.13 Å². The summed E-state index contributed by atoms with van der Waals surface area (Å²) >= 11 is 0. The Hall–Kier alpha value is -2.95. The summed E-state index contributed by atoms with van der Waals surface area (Å²) in [6.07, 6.45) is 1.72. The molecule has 0 radical (unpaired) electrons. The SMILES string of the molecule is Cc1ccnc(N2Cc3ccccc3Oc3cc(F)ccc32)n1. The van der Waals surface area contributed by atoms with Crippen molar-refractivity contribution in [1.82, 2.24) is 9.97 Å². The van der Waals surface area contributed by atoms with E-state index in [2.05, 4.69) is 9.97 Å². The maximum absolute atomic E-state index is 13.7. The lowest BCUT2D eigenvalue weighted by Crippen LogP contribution is -2.18. The van der Waals surface area contributed by atoms with Gasteiger partial charge in [0.1, 0.15) is 11.6 Å². The quantitative estimate of drug-likeness (QED) is 0.669. The van der Waals surface area contributed by atoms with Crippen molar-refractivity contribution in [2.45, 2.75) is 13.5 Å². The molecule has 0 N–H and O–H groups in total. The molecule has 0 saturated heterocycles. The van der Waals surface area contributed by atoms with Gasteiger partial charge in [-0.2, -0.15) is 0 Å². The molecule has 2 heterocycles. The molecule has 0 unspecified atom stereocenters. The van der Waals surface area contributed by atoms with Crippen molar-refractivity contribution in [1.29, 1.82) is 0 Å². The topological polar surface area (TPSA) is 38.2 Å². The van der Waals surface area contributed by atoms with Gasteiger partial charge < -0.3 is 9.64 Å². The minimum Gasteiger partial charge on any atom is -0.455 e. The zero-order valence-electron chi connectivity index (χ0n) is 12.5. The van der Waals surface area contributed by atoms with Gasteiger partial charge in [-0.25, -0.2) is 14.4 Å². The normalized spacial score (nSPS) is 12.9. The van der Waals surface area contributed by atoms with Crippen LogP contribution in [0.4, 0.5) is 16.0 Å². The van der Waals surface area contributed by atoms with Crippen LogP contribution in [0, 0.1) is 12.7 Å². The van der Waals surface area contributed by atoms with E-state index in [0.717, 1.165) is 22.7 Å². The summed E-state index contributed by atoms with van der Waals surface area (Å²) < 4.78 is 19.6. The van der Waals surface area contributed by atoms with Gasteiger partial charge in [-0.1, -0.05) is 18.2 Å². The fourth-order valence-electron chi connectivity index (χ4n) is 2.64. The van der Waals surface area contributed by atoms with Crippen LogP contribution in [0.1, 0.15) is 11.3 Å². The Kier molecular flexibility index (Phi) is 3.19. The van der Waals surface area contributed by atoms with Crippen molar-refractivity contribution in [3.63, 3.8) is 0 Å². The molecule has 5 heteroatoms. The molecule has 114 valence electrons. The monoisotopic (exact) mass is 307 g/mol. The molecule has 0 amide bonds. The van der Waals surface area contributed by atoms with E-state index in [1.54, 1.807) is 12.3 Å². The zero-order chi connectivity index (χ0) is 15.8. The van der Waals surface area contributed by atoms with E-state index in [0.29, 0.717) is 18.2 Å². The third-order valence-electron chi connectivity index (χ3n) is 3.76. The molecule has 0 bridgehead atoms. The van der Waals surface area contributed by atoms with Crippen molar-refractivity contribution in [2.24, 2.45) is 0 Å². The summed E-state index contributed by atoms with van der Waals surface area (Å²) in [6.45, 7) is 2.47. The Balaban J connectivity index is 1.91. The largest absolute Gasteiger partial charge is 0.455 e. The van der Waals surface area contributed by atoms with Crippen molar-refractivity contribution >= 4 is 11.6 Å². The van der Waals surface area contributed by atoms with Gasteiger partial charge in [0.05, 0.1) is 12.2 Å². The number of nitrogens with zero attached hydrogens (tertiary/aromatic N) is 3. The van der Waals surface area contributed by atoms with Crippen LogP contribution in [-0.4, -0.2) is 9.97 Å². The molecule has 2 aromatic carbocycles. The second kappa shape index (κ2) is 5.35. The number of benzene rings is 2. The highest BCUT2D eigenvalue weighted by Crippen LogP contribution is 2.41. The van der Waals surface area contributed by atoms with Crippen LogP contribution in [0.15, 0.2) is 54.7 Å². The average molecular weight is 307 g/mol. The molecule has 1 aliphatic heterocycles. The zero-order valence-corrected chi connectivity index (χ0v) is 12.5. The minimum absolute atomic E-state index is 0.340. The van der Waals surface area contributed by atoms with Crippen molar-refractivity contribution in [3.05, 3.63) is 71.8 Å². The smallest absolute Gasteiger partial charge is 0.230 e. The summed E-state index contributed by atoms with van der Waals surface area (Å²) in [5, 5.41) is 0. The first-order valence-corrected chi connectivity index (χ1v) is 7.33. The van der Waals surface area contributed by atoms with E-state index in [9.17, 15) is 4.39 Å². The summed E-state index contributed by atoms with van der Waals surface area (Å²) in [6, 6.07) is 14.1. The van der Waals surface area contributed by atoms with Gasteiger partial charge in [-0.05, 0) is 31.2 Å². The lowest BCUT2D eigenvalue weighted by molar-refractivity contribution is 0.478. The number of hydrogen-bond acceptors (Lipinski definition) is 4. The van der Waals surface area contributed by atoms with Crippen LogP contribution in [0.5, 0.6) is 11.5 Å². The van der Waals surface area contributed by atoms with E-state index in [1.165, 1.54) is 12.1 Å². The van der Waals surface area contributed by atoms with Crippen LogP contribution in [-0.2, 0) is 6.54 Å². The molecule has 4 nitrogen and oxygen atoms in total. The molecular formula is C18H14FN3O. The predicted octanol–water partition coefficient (Wildman–Crippen LogP) is 4.37. The first-order valence-electron chi connectivity index (χ1n) is 7.33. The molecule has 0 atom stereocenters. The van der Waals surface area contributed by atoms with E-state index >= 15 is 0 Å². The lowest BCUT2D eigenvalue weighted by Gasteiger charge is -2.22. The van der Waals surface area contributed by atoms with Crippen LogP contribution in [0.2, 0.25) is 0 Å². The van der Waals surface area contributed by atoms with E-state index in [1.807, 2.05) is 42.2 Å². The van der Waals surface area contributed by atoms with E-state index in [-0.39, 0.29) is 5.82 Å². The van der Waals surface area contributed by atoms with Crippen LogP contribution in [0.25, 0.3) is 0 Å². The number of para-hydroxylation sites is 1. The number of fused-ring (bicyclic) bond motifs is 2. The standard InChI is InChI=1S/C18H14FN3O/c1-12-8-9-20-18(21-12)22-11-13-4-2-3-5-16(13)23-17-10-14(19)6-7-15(17)22/h2-10H,11H2,1H3. The first-order chi connectivity index (χ1) is 11.2. The molecule has 3 aromatic rings. The number of ether oxygens (including phenoxy) is 1. The highest BCUT2D eigenvalue weighted by Gasteiger charge is 2.23. The van der Waals surface area contributed by atoms with Crippen LogP contribution < -0.4 is 9.64 Å². The molecule has 0 spiro atoms. The van der Waals surface area contributed by atoms with Gasteiger partial charge in [0.2, 0.25) is 5.95 Å². The molecule has 1 aromatic heterocycles. The molecule has 1 aliphatic rings. The molecule has 0 saturated carbocycles. The average Bonchev–Trinajstić information content (AvgIpc) is 2.70. The van der Waals surface area contributed by atoms with Crippen LogP contribution >= 0.6 is 0 Å². The molecule has 0 aliphatic carbocycles. The second-order valence-corrected chi connectivity index (χ2v) is 5.41. The minimum atomic E-state index is -0.340. The molecular weight excluding hydrogens is 293 g/mol. The van der Waals surface area contributed by atoms with Crippen molar-refractivity contribution in [3.8, 4) is 11.5 Å². The van der Waals surface area contributed by atoms with Crippen molar-refractivity contribution in [2.75, 3.05) is 4.90 Å². The summed E-state index contributed by atoms with van der Waals surface area (Å²) in [4.78, 5) is 10.8. The second-order valence-electron chi connectivity index (χ2n) is 5.41. The fourth-order valence-corrected chi connectivity index (χ4v) is 2.64. The highest BCUT2D eigenvalue weighted by molar-refractivity contribution is 5.68. The molecule has 23 heavy (non-hydrogen) atoms. The Labute approximate surface area is 133 Å². The fraction of sp³-hybridized carbons (Fsp3) is 0.111. The summed E-state index contributed by atoms with van der Waals surface area (Å²) in [7, 11) is 0. The molecule has 4 rings (SSSR count). The lowest BCUT2D eigenvalue weighted by atomic mass is 10.2. The van der Waals surface area contributed by atoms with E-state index < -0.39 is 0 Å². The number of halogens is 1. The Morgan fingerprint density at radius 2 is 1.96 bits per heavy atom. The highest BCUT2D eigenvalue weighted by atomic mass is 19.1. The van der Waals surface area contributed by atoms with Gasteiger partial charge >= 0.3 is 0 Å². The third kappa shape index (κ3) is 2.50. The van der Waals surface area contributed by atoms with Gasteiger partial charge in [0.25, 0.3) is 0 Å². The summed E-state index contributed by atoms with van der Waals surface area (Å²) in [5.41, 5.74) is 2.61. The third-order valence-corrected chi connectivity index (χ3v) is 3.76.